The molecule has 1 N–H and O–H groups in total. The van der Waals surface area contributed by atoms with Gasteiger partial charge in [-0.25, -0.2) is 11.6 Å². The summed E-state index contributed by atoms with van der Waals surface area (Å²) in [5.41, 5.74) is 7.68. The van der Waals surface area contributed by atoms with Crippen LogP contribution < -0.4 is 24.8 Å². The molecule has 0 unspecified atom stereocenters. The monoisotopic (exact) mass is 474 g/mol. The molecule has 0 heterocycles. The predicted octanol–water partition coefficient (Wildman–Crippen LogP) is -2.41. The van der Waals surface area contributed by atoms with Gasteiger partial charge in [0.1, 0.15) is 0 Å². The average molecular weight is 474 g/mol. The zero-order chi connectivity index (χ0) is 12.1. The Morgan fingerprint density at radius 3 is 1.94 bits per heavy atom. The van der Waals surface area contributed by atoms with Crippen molar-refractivity contribution >= 4 is 15.4 Å². The summed E-state index contributed by atoms with van der Waals surface area (Å²) in [5.74, 6) is -0.461. The van der Waals surface area contributed by atoms with Crippen molar-refractivity contribution < 1.29 is 55.5 Å². The molecular formula is C12H22Cl2HfNOSi. The van der Waals surface area contributed by atoms with Crippen molar-refractivity contribution in [3.8, 4) is 0 Å². The van der Waals surface area contributed by atoms with E-state index in [1.807, 2.05) is 13.0 Å². The summed E-state index contributed by atoms with van der Waals surface area (Å²) < 4.78 is 0. The van der Waals surface area contributed by atoms with E-state index < -0.39 is 5.91 Å². The number of allylic oxidation sites excluding steroid dienone is 4. The molecule has 18 heavy (non-hydrogen) atoms. The van der Waals surface area contributed by atoms with E-state index in [0.717, 1.165) is 22.4 Å². The normalized spacial score (nSPS) is 9.89. The molecule has 6 heteroatoms. The van der Waals surface area contributed by atoms with Crippen LogP contribution in [0.2, 0.25) is 13.1 Å². The van der Waals surface area contributed by atoms with Crippen LogP contribution in [0.4, 0.5) is 0 Å². The Labute approximate surface area is 146 Å². The van der Waals surface area contributed by atoms with Gasteiger partial charge >= 0.3 is 25.8 Å². The van der Waals surface area contributed by atoms with Crippen LogP contribution >= 0.6 is 0 Å². The molecule has 103 valence electrons. The van der Waals surface area contributed by atoms with Crippen molar-refractivity contribution in [3.05, 3.63) is 29.5 Å². The van der Waals surface area contributed by atoms with Gasteiger partial charge in [-0.3, -0.25) is 6.08 Å². The Kier molecular flexibility index (Phi) is 45.4. The van der Waals surface area contributed by atoms with E-state index in [9.17, 15) is 4.79 Å². The first kappa shape index (κ1) is 31.2. The number of hydrogen-bond donors (Lipinski definition) is 0. The standard InChI is InChI=1S/C6H7.C4H9NO.C2H7Si.2ClH.Hf/c1-6-4-2-3-5-6;1-2-3-4(5)6;1-3-2;;;/h4-5H,2H2,1H3;2-3H2,1H3,(H2,5,6);3H,1-2H3;2*1H;/q-1;;;;;+4/p-3. The minimum absolute atomic E-state index is 0. The number of carbonyl (C=O) groups is 1. The smallest absolute Gasteiger partial charge is 1.00 e. The fourth-order valence-electron chi connectivity index (χ4n) is 0.726. The van der Waals surface area contributed by atoms with Crippen molar-refractivity contribution in [2.45, 2.75) is 46.2 Å². The summed E-state index contributed by atoms with van der Waals surface area (Å²) in [4.78, 5) is 9.71. The van der Waals surface area contributed by atoms with Gasteiger partial charge in [-0.05, 0) is 6.42 Å². The summed E-state index contributed by atoms with van der Waals surface area (Å²) in [5, 5.41) is 0. The number of hydrogen-bond acceptors (Lipinski definition) is 1. The van der Waals surface area contributed by atoms with Crippen molar-refractivity contribution in [3.63, 3.8) is 0 Å². The van der Waals surface area contributed by atoms with Crippen molar-refractivity contribution in [1.29, 1.82) is 0 Å². The van der Waals surface area contributed by atoms with Gasteiger partial charge in [0, 0.05) is 15.4 Å². The fourth-order valence-corrected chi connectivity index (χ4v) is 0.726. The van der Waals surface area contributed by atoms with E-state index in [2.05, 4.69) is 32.2 Å². The molecule has 0 aromatic rings. The maximum absolute atomic E-state index is 9.71. The van der Waals surface area contributed by atoms with Crippen LogP contribution in [0.1, 0.15) is 33.1 Å². The summed E-state index contributed by atoms with van der Waals surface area (Å²) in [6.45, 7) is 8.38. The summed E-state index contributed by atoms with van der Waals surface area (Å²) in [6, 6.07) is 0. The Morgan fingerprint density at radius 1 is 1.44 bits per heavy atom. The number of halogens is 2. The van der Waals surface area contributed by atoms with E-state index in [0.29, 0.717) is 6.42 Å². The number of carbonyl (C=O) groups excluding carboxylic acids is 1. The number of rotatable bonds is 2. The van der Waals surface area contributed by atoms with Gasteiger partial charge in [0.15, 0.2) is 0 Å². The second-order valence-electron chi connectivity index (χ2n) is 3.25. The van der Waals surface area contributed by atoms with E-state index >= 15 is 0 Å². The van der Waals surface area contributed by atoms with Crippen LogP contribution in [0.3, 0.4) is 0 Å². The van der Waals surface area contributed by atoms with Gasteiger partial charge in [0.05, 0.1) is 0 Å². The molecular weight excluding hydrogens is 452 g/mol. The van der Waals surface area contributed by atoms with Gasteiger partial charge in [0.2, 0.25) is 0 Å². The van der Waals surface area contributed by atoms with E-state index in [1.165, 1.54) is 5.57 Å². The summed E-state index contributed by atoms with van der Waals surface area (Å²) in [7, 11) is 0.750. The molecule has 0 aliphatic heterocycles. The molecule has 0 saturated carbocycles. The maximum atomic E-state index is 9.71. The first-order chi connectivity index (χ1) is 7.08. The number of amides is 1. The van der Waals surface area contributed by atoms with E-state index in [1.54, 1.807) is 0 Å². The molecule has 0 atom stereocenters. The second kappa shape index (κ2) is 26.2. The quantitative estimate of drug-likeness (QED) is 0.325. The fraction of sp³-hybridized carbons (Fsp3) is 0.583. The first-order valence-corrected chi connectivity index (χ1v) is 7.61. The Hall–Kier alpha value is 0.617. The summed E-state index contributed by atoms with van der Waals surface area (Å²) >= 11 is 0. The minimum Gasteiger partial charge on any atom is -1.00 e. The largest absolute Gasteiger partial charge is 4.00 e. The zero-order valence-corrected chi connectivity index (χ0v) is 17.8. The van der Waals surface area contributed by atoms with Crippen LogP contribution in [0.15, 0.2) is 17.7 Å². The van der Waals surface area contributed by atoms with Crippen LogP contribution in [0.25, 0.3) is 5.73 Å². The predicted molar refractivity (Wildman–Crippen MR) is 69.3 cm³/mol. The third-order valence-corrected chi connectivity index (χ3v) is 1.35. The van der Waals surface area contributed by atoms with Gasteiger partial charge in [-0.1, -0.05) is 26.4 Å². The molecule has 1 amide bonds. The minimum atomic E-state index is -0.461. The maximum Gasteiger partial charge on any atom is 4.00 e. The van der Waals surface area contributed by atoms with Gasteiger partial charge < -0.3 is 35.3 Å². The molecule has 2 nitrogen and oxygen atoms in total. The van der Waals surface area contributed by atoms with Crippen LogP contribution in [0.5, 0.6) is 0 Å². The SMILES string of the molecule is CC1=CC[C-]=C1.CCCC([NH-])=O.C[SiH]C.[Cl-].[Cl-].[Hf+4]. The molecule has 0 aromatic carbocycles. The molecule has 0 aromatic heterocycles. The summed E-state index contributed by atoms with van der Waals surface area (Å²) in [6.07, 6.45) is 9.44. The molecule has 0 fully saturated rings. The van der Waals surface area contributed by atoms with E-state index in [4.69, 9.17) is 5.73 Å². The van der Waals surface area contributed by atoms with E-state index in [-0.39, 0.29) is 50.7 Å². The Morgan fingerprint density at radius 2 is 1.89 bits per heavy atom. The Balaban J connectivity index is -0.0000000455. The van der Waals surface area contributed by atoms with Crippen molar-refractivity contribution in [2.24, 2.45) is 0 Å². The molecule has 0 saturated heterocycles. The van der Waals surface area contributed by atoms with Crippen molar-refractivity contribution in [1.82, 2.24) is 0 Å². The zero-order valence-electron chi connectivity index (χ0n) is 11.5. The van der Waals surface area contributed by atoms with Crippen LogP contribution in [-0.4, -0.2) is 15.4 Å². The van der Waals surface area contributed by atoms with Gasteiger partial charge in [0.25, 0.3) is 0 Å². The molecule has 1 aliphatic rings. The molecule has 0 spiro atoms. The number of nitrogens with one attached hydrogen (secondary N) is 1. The van der Waals surface area contributed by atoms with Crippen molar-refractivity contribution in [2.75, 3.05) is 0 Å². The van der Waals surface area contributed by atoms with Gasteiger partial charge in [-0.2, -0.15) is 6.08 Å². The topological polar surface area (TPSA) is 40.9 Å². The molecule has 1 aliphatic carbocycles. The Bertz CT molecular complexity index is 221. The molecule has 1 radical (unpaired) electrons. The third kappa shape index (κ3) is 36.0. The molecule has 1 rings (SSSR count). The average Bonchev–Trinajstić information content (AvgIpc) is 2.58. The van der Waals surface area contributed by atoms with Gasteiger partial charge in [-0.15, -0.1) is 13.3 Å². The second-order valence-corrected chi connectivity index (χ2v) is 4.41. The van der Waals surface area contributed by atoms with Crippen LogP contribution in [-0.2, 0) is 30.6 Å². The first-order valence-electron chi connectivity index (χ1n) is 5.30. The third-order valence-electron chi connectivity index (χ3n) is 1.35. The molecule has 0 bridgehead atoms. The van der Waals surface area contributed by atoms with Crippen LogP contribution in [0, 0.1) is 6.08 Å².